The summed E-state index contributed by atoms with van der Waals surface area (Å²) in [5, 5.41) is 7.77. The van der Waals surface area contributed by atoms with Gasteiger partial charge in [0, 0.05) is 5.92 Å². The molecule has 2 aromatic rings. The van der Waals surface area contributed by atoms with E-state index in [1.54, 1.807) is 6.07 Å². The van der Waals surface area contributed by atoms with E-state index >= 15 is 0 Å². The number of halogens is 4. The topological polar surface area (TPSA) is 30.7 Å². The summed E-state index contributed by atoms with van der Waals surface area (Å²) < 4.78 is 39.6. The van der Waals surface area contributed by atoms with Crippen LogP contribution >= 0.6 is 11.6 Å². The molecule has 3 nitrogen and oxygen atoms in total. The second kappa shape index (κ2) is 4.23. The lowest BCUT2D eigenvalue weighted by molar-refractivity contribution is -0.137. The molecule has 1 aromatic heterocycles. The first-order valence-corrected chi connectivity index (χ1v) is 6.13. The molecule has 0 radical (unpaired) electrons. The molecule has 0 atom stereocenters. The van der Waals surface area contributed by atoms with Gasteiger partial charge in [0.2, 0.25) is 5.28 Å². The molecule has 100 valence electrons. The van der Waals surface area contributed by atoms with Gasteiger partial charge in [0.1, 0.15) is 5.82 Å². The maximum atomic E-state index is 12.7. The monoisotopic (exact) mass is 287 g/mol. The molecule has 1 saturated carbocycles. The van der Waals surface area contributed by atoms with E-state index in [4.69, 9.17) is 11.6 Å². The molecule has 0 N–H and O–H groups in total. The number of rotatable bonds is 2. The summed E-state index contributed by atoms with van der Waals surface area (Å²) in [5.41, 5.74) is -0.372. The minimum Gasteiger partial charge on any atom is -0.270 e. The predicted octanol–water partition coefficient (Wildman–Crippen LogP) is 3.82. The average molecular weight is 288 g/mol. The van der Waals surface area contributed by atoms with Crippen molar-refractivity contribution in [2.45, 2.75) is 24.9 Å². The molecule has 1 aliphatic carbocycles. The Balaban J connectivity index is 2.09. The lowest BCUT2D eigenvalue weighted by Gasteiger charge is -2.11. The van der Waals surface area contributed by atoms with E-state index in [0.717, 1.165) is 25.0 Å². The third kappa shape index (κ3) is 2.32. The Morgan fingerprint density at radius 2 is 1.95 bits per heavy atom. The van der Waals surface area contributed by atoms with Gasteiger partial charge in [0.15, 0.2) is 0 Å². The summed E-state index contributed by atoms with van der Waals surface area (Å²) in [6.07, 6.45) is -2.45. The fourth-order valence-electron chi connectivity index (χ4n) is 1.94. The molecule has 3 rings (SSSR count). The van der Waals surface area contributed by atoms with Crippen LogP contribution in [-0.4, -0.2) is 14.8 Å². The second-order valence-electron chi connectivity index (χ2n) is 4.49. The second-order valence-corrected chi connectivity index (χ2v) is 4.82. The summed E-state index contributed by atoms with van der Waals surface area (Å²) in [4.78, 5) is 0. The minimum absolute atomic E-state index is 0.0845. The highest BCUT2D eigenvalue weighted by atomic mass is 35.5. The summed E-state index contributed by atoms with van der Waals surface area (Å²) in [6.45, 7) is 0. The fraction of sp³-hybridized carbons (Fsp3) is 0.333. The van der Waals surface area contributed by atoms with Crippen LogP contribution in [0.5, 0.6) is 0 Å². The van der Waals surface area contributed by atoms with Crippen LogP contribution in [-0.2, 0) is 6.18 Å². The number of hydrogen-bond acceptors (Lipinski definition) is 2. The molecule has 0 bridgehead atoms. The first-order valence-electron chi connectivity index (χ1n) is 5.75. The van der Waals surface area contributed by atoms with E-state index in [1.165, 1.54) is 10.6 Å². The highest BCUT2D eigenvalue weighted by Crippen LogP contribution is 2.41. The third-order valence-corrected chi connectivity index (χ3v) is 3.27. The maximum Gasteiger partial charge on any atom is 0.416 e. The van der Waals surface area contributed by atoms with Crippen molar-refractivity contribution in [1.82, 2.24) is 14.8 Å². The lowest BCUT2D eigenvalue weighted by Crippen LogP contribution is -2.07. The smallest absolute Gasteiger partial charge is 0.270 e. The normalized spacial score (nSPS) is 15.8. The van der Waals surface area contributed by atoms with Gasteiger partial charge in [-0.05, 0) is 42.6 Å². The van der Waals surface area contributed by atoms with Crippen molar-refractivity contribution < 1.29 is 13.2 Å². The zero-order valence-corrected chi connectivity index (χ0v) is 10.4. The molecule has 1 aromatic carbocycles. The molecule has 0 unspecified atom stereocenters. The summed E-state index contributed by atoms with van der Waals surface area (Å²) in [7, 11) is 0. The lowest BCUT2D eigenvalue weighted by atomic mass is 10.2. The van der Waals surface area contributed by atoms with Crippen LogP contribution in [0.15, 0.2) is 24.3 Å². The Labute approximate surface area is 112 Å². The van der Waals surface area contributed by atoms with E-state index in [0.29, 0.717) is 11.5 Å². The van der Waals surface area contributed by atoms with Crippen molar-refractivity contribution in [2.24, 2.45) is 0 Å². The SMILES string of the molecule is FC(F)(F)c1cccc(-n2c(Cl)nnc2C2CC2)c1. The number of hydrogen-bond donors (Lipinski definition) is 0. The Morgan fingerprint density at radius 1 is 1.21 bits per heavy atom. The van der Waals surface area contributed by atoms with E-state index in [9.17, 15) is 13.2 Å². The van der Waals surface area contributed by atoms with Gasteiger partial charge < -0.3 is 0 Å². The number of alkyl halides is 3. The Hall–Kier alpha value is -1.56. The average Bonchev–Trinajstić information content (AvgIpc) is 3.12. The highest BCUT2D eigenvalue weighted by molar-refractivity contribution is 6.28. The van der Waals surface area contributed by atoms with Crippen molar-refractivity contribution in [3.63, 3.8) is 0 Å². The van der Waals surface area contributed by atoms with Crippen LogP contribution in [0.2, 0.25) is 5.28 Å². The highest BCUT2D eigenvalue weighted by Gasteiger charge is 2.33. The maximum absolute atomic E-state index is 12.7. The van der Waals surface area contributed by atoms with Crippen LogP contribution in [0.1, 0.15) is 30.1 Å². The first kappa shape index (κ1) is 12.5. The van der Waals surface area contributed by atoms with Crippen LogP contribution < -0.4 is 0 Å². The van der Waals surface area contributed by atoms with Gasteiger partial charge in [-0.3, -0.25) is 4.57 Å². The van der Waals surface area contributed by atoms with Gasteiger partial charge in [-0.2, -0.15) is 13.2 Å². The summed E-state index contributed by atoms with van der Waals surface area (Å²) in [6, 6.07) is 5.00. The summed E-state index contributed by atoms with van der Waals surface area (Å²) >= 11 is 5.93. The standard InChI is InChI=1S/C12H9ClF3N3/c13-11-18-17-10(7-4-5-7)19(11)9-3-1-2-8(6-9)12(14,15)16/h1-3,6-7H,4-5H2. The number of aromatic nitrogens is 3. The molecule has 0 saturated heterocycles. The first-order chi connectivity index (χ1) is 8.97. The molecule has 1 aliphatic rings. The van der Waals surface area contributed by atoms with E-state index in [-0.39, 0.29) is 11.2 Å². The van der Waals surface area contributed by atoms with Gasteiger partial charge in [-0.1, -0.05) is 6.07 Å². The largest absolute Gasteiger partial charge is 0.416 e. The minimum atomic E-state index is -4.38. The number of benzene rings is 1. The molecule has 19 heavy (non-hydrogen) atoms. The molecule has 1 heterocycles. The van der Waals surface area contributed by atoms with Gasteiger partial charge in [-0.15, -0.1) is 10.2 Å². The van der Waals surface area contributed by atoms with Gasteiger partial charge in [-0.25, -0.2) is 0 Å². The van der Waals surface area contributed by atoms with Crippen molar-refractivity contribution in [2.75, 3.05) is 0 Å². The zero-order chi connectivity index (χ0) is 13.6. The Bertz CT molecular complexity index is 617. The number of nitrogens with zero attached hydrogens (tertiary/aromatic N) is 3. The van der Waals surface area contributed by atoms with Crippen LogP contribution in [0.4, 0.5) is 13.2 Å². The van der Waals surface area contributed by atoms with Crippen LogP contribution in [0.3, 0.4) is 0 Å². The molecular formula is C12H9ClF3N3. The van der Waals surface area contributed by atoms with Crippen molar-refractivity contribution in [3.8, 4) is 5.69 Å². The van der Waals surface area contributed by atoms with Gasteiger partial charge in [0.05, 0.1) is 11.3 Å². The molecule has 0 aliphatic heterocycles. The molecule has 0 amide bonds. The quantitative estimate of drug-likeness (QED) is 0.841. The van der Waals surface area contributed by atoms with Crippen molar-refractivity contribution in [1.29, 1.82) is 0 Å². The Morgan fingerprint density at radius 3 is 2.58 bits per heavy atom. The van der Waals surface area contributed by atoms with Crippen molar-refractivity contribution in [3.05, 3.63) is 40.9 Å². The van der Waals surface area contributed by atoms with Crippen molar-refractivity contribution >= 4 is 11.6 Å². The predicted molar refractivity (Wildman–Crippen MR) is 63.3 cm³/mol. The third-order valence-electron chi connectivity index (χ3n) is 3.02. The van der Waals surface area contributed by atoms with Gasteiger partial charge in [0.25, 0.3) is 0 Å². The molecule has 1 fully saturated rings. The summed E-state index contributed by atoms with van der Waals surface area (Å²) in [5.74, 6) is 0.874. The molecule has 0 spiro atoms. The van der Waals surface area contributed by atoms with E-state index < -0.39 is 11.7 Å². The van der Waals surface area contributed by atoms with Crippen LogP contribution in [0, 0.1) is 0 Å². The Kier molecular flexibility index (Phi) is 2.78. The van der Waals surface area contributed by atoms with E-state index in [1.807, 2.05) is 0 Å². The molecule has 7 heteroatoms. The zero-order valence-electron chi connectivity index (χ0n) is 9.65. The van der Waals surface area contributed by atoms with Crippen LogP contribution in [0.25, 0.3) is 5.69 Å². The van der Waals surface area contributed by atoms with E-state index in [2.05, 4.69) is 10.2 Å². The molecular weight excluding hydrogens is 279 g/mol. The van der Waals surface area contributed by atoms with Gasteiger partial charge >= 0.3 is 6.18 Å². The fourth-order valence-corrected chi connectivity index (χ4v) is 2.16.